The maximum atomic E-state index is 13.1. The van der Waals surface area contributed by atoms with Crippen LogP contribution in [0.1, 0.15) is 55.5 Å². The van der Waals surface area contributed by atoms with Crippen LogP contribution in [0.15, 0.2) is 112 Å². The van der Waals surface area contributed by atoms with Crippen LogP contribution in [0, 0.1) is 6.92 Å². The Morgan fingerprint density at radius 2 is 1.75 bits per heavy atom. The van der Waals surface area contributed by atoms with Gasteiger partial charge in [0.2, 0.25) is 0 Å². The molecule has 8 heteroatoms. The molecule has 2 amide bonds. The van der Waals surface area contributed by atoms with Gasteiger partial charge in [-0.05, 0) is 89.2 Å². The second-order valence-corrected chi connectivity index (χ2v) is 11.2. The van der Waals surface area contributed by atoms with Crippen LogP contribution >= 0.6 is 11.3 Å². The van der Waals surface area contributed by atoms with Gasteiger partial charge < -0.3 is 9.84 Å². The summed E-state index contributed by atoms with van der Waals surface area (Å²) in [7, 11) is 0. The summed E-state index contributed by atoms with van der Waals surface area (Å²) < 4.78 is 5.75. The highest BCUT2D eigenvalue weighted by atomic mass is 32.1. The standard InChI is InChI=1S/C36H32N2O5S/c1-24-11-12-29(28-9-4-3-5-10-28)21-33(24)37-25(2)27(8-6-7-18-43-22-26-16-19-44-23-26)15-17-38-34(39)31-14-13-30(36(41)42)20-32(31)35(38)40/h3-7,9-16,19-21,23H,8,17-18,22H2,1-2H3,(H,41,42)/b7-6-,27-15+,37-25?. The minimum Gasteiger partial charge on any atom is -0.478 e. The summed E-state index contributed by atoms with van der Waals surface area (Å²) in [5.41, 5.74) is 7.03. The van der Waals surface area contributed by atoms with Crippen LogP contribution < -0.4 is 0 Å². The Hall–Kier alpha value is -4.92. The normalized spacial score (nSPS) is 13.6. The molecule has 0 unspecified atom stereocenters. The number of aliphatic imine (C=N–C) groups is 1. The minimum absolute atomic E-state index is 0.0302. The summed E-state index contributed by atoms with van der Waals surface area (Å²) in [6.45, 7) is 4.95. The molecule has 4 aromatic rings. The molecule has 0 radical (unpaired) electrons. The van der Waals surface area contributed by atoms with Gasteiger partial charge in [-0.3, -0.25) is 19.5 Å². The van der Waals surface area contributed by atoms with E-state index in [1.165, 1.54) is 18.2 Å². The minimum atomic E-state index is -1.15. The van der Waals surface area contributed by atoms with Gasteiger partial charge in [-0.1, -0.05) is 60.7 Å². The number of aryl methyl sites for hydroxylation is 1. The Labute approximate surface area is 260 Å². The summed E-state index contributed by atoms with van der Waals surface area (Å²) in [4.78, 5) is 43.7. The third-order valence-electron chi connectivity index (χ3n) is 7.37. The van der Waals surface area contributed by atoms with Gasteiger partial charge in [0.25, 0.3) is 11.8 Å². The molecular weight excluding hydrogens is 572 g/mol. The molecule has 0 saturated carbocycles. The fraction of sp³-hybridized carbons (Fsp3) is 0.167. The van der Waals surface area contributed by atoms with Crippen molar-refractivity contribution in [2.24, 2.45) is 4.99 Å². The van der Waals surface area contributed by atoms with Gasteiger partial charge >= 0.3 is 5.97 Å². The SMILES string of the molecule is CC(=Nc1cc(-c2ccccc2)ccc1C)/C(=C/CN1C(=O)c2ccc(C(=O)O)cc2C1=O)C/C=C\COCc1ccsc1. The molecule has 7 nitrogen and oxygen atoms in total. The number of amides is 2. The van der Waals surface area contributed by atoms with Gasteiger partial charge in [-0.25, -0.2) is 4.79 Å². The Morgan fingerprint density at radius 3 is 2.50 bits per heavy atom. The van der Waals surface area contributed by atoms with Crippen LogP contribution in [-0.4, -0.2) is 46.7 Å². The third-order valence-corrected chi connectivity index (χ3v) is 8.11. The van der Waals surface area contributed by atoms with Crippen molar-refractivity contribution >= 4 is 40.5 Å². The predicted molar refractivity (Wildman–Crippen MR) is 174 cm³/mol. The zero-order chi connectivity index (χ0) is 31.1. The van der Waals surface area contributed by atoms with E-state index >= 15 is 0 Å². The van der Waals surface area contributed by atoms with Gasteiger partial charge in [0.1, 0.15) is 0 Å². The average molecular weight is 605 g/mol. The van der Waals surface area contributed by atoms with Crippen molar-refractivity contribution in [2.45, 2.75) is 26.9 Å². The number of benzene rings is 3. The fourth-order valence-corrected chi connectivity index (χ4v) is 5.51. The van der Waals surface area contributed by atoms with Gasteiger partial charge in [0.05, 0.1) is 35.6 Å². The number of fused-ring (bicyclic) bond motifs is 1. The van der Waals surface area contributed by atoms with E-state index in [-0.39, 0.29) is 23.2 Å². The lowest BCUT2D eigenvalue weighted by Gasteiger charge is -2.13. The third kappa shape index (κ3) is 7.16. The van der Waals surface area contributed by atoms with Gasteiger partial charge in [-0.15, -0.1) is 0 Å². The molecule has 0 fully saturated rings. The molecular formula is C36H32N2O5S. The monoisotopic (exact) mass is 604 g/mol. The first-order valence-electron chi connectivity index (χ1n) is 14.2. The topological polar surface area (TPSA) is 96.3 Å². The van der Waals surface area contributed by atoms with Crippen LogP contribution in [0.3, 0.4) is 0 Å². The molecule has 0 spiro atoms. The van der Waals surface area contributed by atoms with E-state index in [2.05, 4.69) is 29.6 Å². The Bertz CT molecular complexity index is 1770. The second-order valence-electron chi connectivity index (χ2n) is 10.4. The van der Waals surface area contributed by atoms with Crippen molar-refractivity contribution < 1.29 is 24.2 Å². The number of nitrogens with zero attached hydrogens (tertiary/aromatic N) is 2. The summed E-state index contributed by atoms with van der Waals surface area (Å²) in [6, 6.07) is 22.3. The Balaban J connectivity index is 1.38. The van der Waals surface area contributed by atoms with Crippen molar-refractivity contribution in [3.8, 4) is 11.1 Å². The van der Waals surface area contributed by atoms with Crippen molar-refractivity contribution in [2.75, 3.05) is 13.2 Å². The number of carboxylic acids is 1. The first-order chi connectivity index (χ1) is 21.3. The lowest BCUT2D eigenvalue weighted by Crippen LogP contribution is -2.30. The molecule has 3 aromatic carbocycles. The largest absolute Gasteiger partial charge is 0.478 e. The predicted octanol–water partition coefficient (Wildman–Crippen LogP) is 7.90. The summed E-state index contributed by atoms with van der Waals surface area (Å²) in [5, 5.41) is 13.4. The number of allylic oxidation sites excluding steroid dienone is 2. The van der Waals surface area contributed by atoms with Gasteiger partial charge in [-0.2, -0.15) is 11.3 Å². The number of thiophene rings is 1. The molecule has 1 aromatic heterocycles. The smallest absolute Gasteiger partial charge is 0.335 e. The molecule has 0 saturated heterocycles. The zero-order valence-electron chi connectivity index (χ0n) is 24.5. The maximum absolute atomic E-state index is 13.1. The van der Waals surface area contributed by atoms with Gasteiger partial charge in [0.15, 0.2) is 0 Å². The second kappa shape index (κ2) is 14.0. The number of hydrogen-bond acceptors (Lipinski definition) is 6. The van der Waals surface area contributed by atoms with E-state index in [4.69, 9.17) is 9.73 Å². The average Bonchev–Trinajstić information content (AvgIpc) is 3.63. The zero-order valence-corrected chi connectivity index (χ0v) is 25.3. The molecule has 0 atom stereocenters. The summed E-state index contributed by atoms with van der Waals surface area (Å²) >= 11 is 1.63. The van der Waals surface area contributed by atoms with E-state index in [1.54, 1.807) is 11.3 Å². The first-order valence-corrected chi connectivity index (χ1v) is 15.1. The lowest BCUT2D eigenvalue weighted by molar-refractivity contribution is 0.0668. The van der Waals surface area contributed by atoms with E-state index in [9.17, 15) is 19.5 Å². The van der Waals surface area contributed by atoms with E-state index in [0.29, 0.717) is 19.6 Å². The van der Waals surface area contributed by atoms with Crippen LogP contribution in [0.2, 0.25) is 0 Å². The highest BCUT2D eigenvalue weighted by Gasteiger charge is 2.35. The van der Waals surface area contributed by atoms with Crippen LogP contribution in [0.4, 0.5) is 5.69 Å². The summed E-state index contributed by atoms with van der Waals surface area (Å²) in [5.74, 6) is -2.11. The number of rotatable bonds is 12. The maximum Gasteiger partial charge on any atom is 0.335 e. The van der Waals surface area contributed by atoms with Crippen molar-refractivity contribution in [1.29, 1.82) is 0 Å². The summed E-state index contributed by atoms with van der Waals surface area (Å²) in [6.07, 6.45) is 6.30. The van der Waals surface area contributed by atoms with Crippen molar-refractivity contribution in [3.05, 3.63) is 135 Å². The van der Waals surface area contributed by atoms with Crippen LogP contribution in [0.25, 0.3) is 11.1 Å². The first kappa shape index (κ1) is 30.5. The number of hydrogen-bond donors (Lipinski definition) is 1. The number of carboxylic acid groups (broad SMARTS) is 1. The van der Waals surface area contributed by atoms with Crippen molar-refractivity contribution in [1.82, 2.24) is 4.90 Å². The highest BCUT2D eigenvalue weighted by molar-refractivity contribution is 7.07. The molecule has 0 aliphatic carbocycles. The number of imide groups is 1. The van der Waals surface area contributed by atoms with Crippen LogP contribution in [0.5, 0.6) is 0 Å². The molecule has 1 aliphatic rings. The van der Waals surface area contributed by atoms with Crippen molar-refractivity contribution in [3.63, 3.8) is 0 Å². The van der Waals surface area contributed by atoms with E-state index in [0.717, 1.165) is 44.1 Å². The Morgan fingerprint density at radius 1 is 0.955 bits per heavy atom. The molecule has 1 aliphatic heterocycles. The lowest BCUT2D eigenvalue weighted by atomic mass is 10.0. The fourth-order valence-electron chi connectivity index (χ4n) is 4.86. The highest BCUT2D eigenvalue weighted by Crippen LogP contribution is 2.29. The molecule has 5 rings (SSSR count). The Kier molecular flexibility index (Phi) is 9.74. The molecule has 222 valence electrons. The molecule has 0 bridgehead atoms. The number of carbonyl (C=O) groups is 3. The quantitative estimate of drug-likeness (QED) is 0.0768. The molecule has 44 heavy (non-hydrogen) atoms. The number of carbonyl (C=O) groups excluding carboxylic acids is 2. The molecule has 1 N–H and O–H groups in total. The van der Waals surface area contributed by atoms with E-state index < -0.39 is 17.8 Å². The van der Waals surface area contributed by atoms with Crippen LogP contribution in [-0.2, 0) is 11.3 Å². The number of ether oxygens (including phenoxy) is 1. The van der Waals surface area contributed by atoms with E-state index in [1.807, 2.05) is 67.8 Å². The van der Waals surface area contributed by atoms with Gasteiger partial charge in [0, 0.05) is 12.3 Å². The molecule has 2 heterocycles. The number of aromatic carboxylic acids is 1.